The Morgan fingerprint density at radius 1 is 1.20 bits per heavy atom. The number of amides is 1. The quantitative estimate of drug-likeness (QED) is 0.750. The Balaban J connectivity index is 1.47. The van der Waals surface area contributed by atoms with Crippen molar-refractivity contribution in [3.05, 3.63) is 12.1 Å². The molecular formula is C18H25N3O3S. The molecule has 0 radical (unpaired) electrons. The number of aromatic nitrogens is 1. The molecule has 136 valence electrons. The second kappa shape index (κ2) is 7.83. The molecule has 0 bridgehead atoms. The van der Waals surface area contributed by atoms with E-state index in [1.807, 2.05) is 11.0 Å². The summed E-state index contributed by atoms with van der Waals surface area (Å²) in [6.45, 7) is 5.39. The van der Waals surface area contributed by atoms with Crippen LogP contribution >= 0.6 is 11.8 Å². The number of hydrogen-bond acceptors (Lipinski definition) is 6. The van der Waals surface area contributed by atoms with Gasteiger partial charge in [-0.1, -0.05) is 0 Å². The fraction of sp³-hybridized carbons (Fsp3) is 0.667. The first-order valence-electron chi connectivity index (χ1n) is 9.23. The predicted molar refractivity (Wildman–Crippen MR) is 97.5 cm³/mol. The van der Waals surface area contributed by atoms with E-state index in [1.165, 1.54) is 37.4 Å². The van der Waals surface area contributed by atoms with Crippen LogP contribution in [0.5, 0.6) is 5.88 Å². The highest BCUT2D eigenvalue weighted by atomic mass is 32.2. The number of anilines is 1. The third-order valence-electron chi connectivity index (χ3n) is 4.88. The van der Waals surface area contributed by atoms with Gasteiger partial charge < -0.3 is 19.3 Å². The zero-order valence-corrected chi connectivity index (χ0v) is 15.3. The third-order valence-corrected chi connectivity index (χ3v) is 5.74. The van der Waals surface area contributed by atoms with Gasteiger partial charge in [-0.2, -0.15) is 0 Å². The van der Waals surface area contributed by atoms with E-state index in [4.69, 9.17) is 9.47 Å². The Bertz CT molecular complexity index is 612. The summed E-state index contributed by atoms with van der Waals surface area (Å²) >= 11 is 1.19. The normalized spacial score (nSPS) is 20.8. The summed E-state index contributed by atoms with van der Waals surface area (Å²) in [5.74, 6) is 1.37. The standard InChI is InChI=1S/C18H25N3O3S/c22-18(21-9-11-23-12-10-21)25-16-6-5-15(20-7-1-2-8-20)17(19-16)24-13-14-3-4-14/h5-6,14H,1-4,7-13H2. The van der Waals surface area contributed by atoms with Crippen molar-refractivity contribution in [2.45, 2.75) is 30.7 Å². The fourth-order valence-corrected chi connectivity index (χ4v) is 3.91. The molecule has 0 atom stereocenters. The van der Waals surface area contributed by atoms with Crippen LogP contribution in [0.1, 0.15) is 25.7 Å². The third kappa shape index (κ3) is 4.39. The monoisotopic (exact) mass is 363 g/mol. The van der Waals surface area contributed by atoms with Crippen molar-refractivity contribution in [2.75, 3.05) is 50.9 Å². The van der Waals surface area contributed by atoms with Gasteiger partial charge in [-0.15, -0.1) is 0 Å². The van der Waals surface area contributed by atoms with Gasteiger partial charge in [-0.3, -0.25) is 4.79 Å². The van der Waals surface area contributed by atoms with Gasteiger partial charge in [0.2, 0.25) is 5.88 Å². The van der Waals surface area contributed by atoms with Crippen LogP contribution in [0.2, 0.25) is 0 Å². The Hall–Kier alpha value is -1.47. The smallest absolute Gasteiger partial charge is 0.288 e. The average molecular weight is 363 g/mol. The molecule has 7 heteroatoms. The zero-order valence-electron chi connectivity index (χ0n) is 14.5. The number of rotatable bonds is 5. The first-order valence-corrected chi connectivity index (χ1v) is 10.0. The van der Waals surface area contributed by atoms with Gasteiger partial charge >= 0.3 is 0 Å². The van der Waals surface area contributed by atoms with Crippen molar-refractivity contribution in [1.29, 1.82) is 0 Å². The molecule has 3 aliphatic rings. The summed E-state index contributed by atoms with van der Waals surface area (Å²) in [5, 5.41) is 0.753. The van der Waals surface area contributed by atoms with E-state index in [2.05, 4.69) is 16.0 Å². The van der Waals surface area contributed by atoms with E-state index >= 15 is 0 Å². The Morgan fingerprint density at radius 3 is 2.68 bits per heavy atom. The van der Waals surface area contributed by atoms with Crippen molar-refractivity contribution in [3.63, 3.8) is 0 Å². The Labute approximate surface area is 152 Å². The van der Waals surface area contributed by atoms with E-state index in [9.17, 15) is 4.79 Å². The fourth-order valence-electron chi connectivity index (χ4n) is 3.16. The summed E-state index contributed by atoms with van der Waals surface area (Å²) in [7, 11) is 0. The van der Waals surface area contributed by atoms with Gasteiger partial charge in [-0.05, 0) is 55.5 Å². The molecule has 0 unspecified atom stereocenters. The number of morpholine rings is 1. The number of carbonyl (C=O) groups excluding carboxylic acids is 1. The minimum Gasteiger partial charge on any atom is -0.476 e. The van der Waals surface area contributed by atoms with Crippen molar-refractivity contribution in [1.82, 2.24) is 9.88 Å². The van der Waals surface area contributed by atoms with E-state index in [0.29, 0.717) is 43.1 Å². The van der Waals surface area contributed by atoms with E-state index in [0.717, 1.165) is 25.4 Å². The first kappa shape index (κ1) is 17.0. The predicted octanol–water partition coefficient (Wildman–Crippen LogP) is 3.01. The molecule has 3 fully saturated rings. The zero-order chi connectivity index (χ0) is 17.1. The second-order valence-corrected chi connectivity index (χ2v) is 7.86. The van der Waals surface area contributed by atoms with Crippen LogP contribution in [0, 0.1) is 5.92 Å². The van der Waals surface area contributed by atoms with E-state index in [-0.39, 0.29) is 5.24 Å². The molecule has 0 N–H and O–H groups in total. The van der Waals surface area contributed by atoms with E-state index in [1.54, 1.807) is 0 Å². The van der Waals surface area contributed by atoms with Crippen LogP contribution in [0.4, 0.5) is 10.5 Å². The van der Waals surface area contributed by atoms with Crippen molar-refractivity contribution >= 4 is 22.7 Å². The van der Waals surface area contributed by atoms with Crippen LogP contribution in [0.3, 0.4) is 0 Å². The molecule has 1 saturated carbocycles. The van der Waals surface area contributed by atoms with Gasteiger partial charge in [0.25, 0.3) is 5.24 Å². The van der Waals surface area contributed by atoms with Crippen molar-refractivity contribution < 1.29 is 14.3 Å². The van der Waals surface area contributed by atoms with Crippen LogP contribution in [0.25, 0.3) is 0 Å². The van der Waals surface area contributed by atoms with Crippen LogP contribution < -0.4 is 9.64 Å². The SMILES string of the molecule is O=C(Sc1ccc(N2CCCC2)c(OCC2CC2)n1)N1CCOCC1. The lowest BCUT2D eigenvalue weighted by Crippen LogP contribution is -2.38. The minimum absolute atomic E-state index is 0.0397. The maximum atomic E-state index is 12.4. The van der Waals surface area contributed by atoms with Gasteiger partial charge in [0, 0.05) is 26.2 Å². The number of nitrogens with zero attached hydrogens (tertiary/aromatic N) is 3. The molecule has 25 heavy (non-hydrogen) atoms. The molecule has 2 saturated heterocycles. The summed E-state index contributed by atoms with van der Waals surface area (Å²) in [6, 6.07) is 4.01. The average Bonchev–Trinajstić information content (AvgIpc) is 3.32. The number of pyridine rings is 1. The van der Waals surface area contributed by atoms with Crippen LogP contribution in [-0.2, 0) is 4.74 Å². The topological polar surface area (TPSA) is 54.9 Å². The molecule has 0 spiro atoms. The molecule has 1 aromatic rings. The minimum atomic E-state index is 0.0397. The van der Waals surface area contributed by atoms with Crippen molar-refractivity contribution in [2.24, 2.45) is 5.92 Å². The maximum Gasteiger partial charge on any atom is 0.288 e. The Morgan fingerprint density at radius 2 is 1.96 bits per heavy atom. The van der Waals surface area contributed by atoms with Crippen LogP contribution in [0.15, 0.2) is 17.2 Å². The molecule has 1 aliphatic carbocycles. The second-order valence-electron chi connectivity index (χ2n) is 6.89. The molecule has 3 heterocycles. The summed E-state index contributed by atoms with van der Waals surface area (Å²) in [6.07, 6.45) is 4.94. The lowest BCUT2D eigenvalue weighted by atomic mass is 10.3. The summed E-state index contributed by atoms with van der Waals surface area (Å²) < 4.78 is 11.3. The van der Waals surface area contributed by atoms with Gasteiger partial charge in [-0.25, -0.2) is 4.98 Å². The molecule has 2 aliphatic heterocycles. The maximum absolute atomic E-state index is 12.4. The van der Waals surface area contributed by atoms with Gasteiger partial charge in [0.1, 0.15) is 5.03 Å². The highest BCUT2D eigenvalue weighted by molar-refractivity contribution is 8.13. The summed E-state index contributed by atoms with van der Waals surface area (Å²) in [4.78, 5) is 21.3. The first-order chi connectivity index (χ1) is 12.3. The molecular weight excluding hydrogens is 338 g/mol. The van der Waals surface area contributed by atoms with Gasteiger partial charge in [0.05, 0.1) is 25.5 Å². The number of carbonyl (C=O) groups is 1. The lowest BCUT2D eigenvalue weighted by Gasteiger charge is -2.26. The van der Waals surface area contributed by atoms with Gasteiger partial charge in [0.15, 0.2) is 0 Å². The van der Waals surface area contributed by atoms with Crippen molar-refractivity contribution in [3.8, 4) is 5.88 Å². The molecule has 1 aromatic heterocycles. The number of hydrogen-bond donors (Lipinski definition) is 0. The molecule has 0 aromatic carbocycles. The molecule has 4 rings (SSSR count). The largest absolute Gasteiger partial charge is 0.476 e. The highest BCUT2D eigenvalue weighted by Crippen LogP contribution is 2.35. The number of thioether (sulfide) groups is 1. The summed E-state index contributed by atoms with van der Waals surface area (Å²) in [5.41, 5.74) is 1.07. The van der Waals surface area contributed by atoms with E-state index < -0.39 is 0 Å². The molecule has 6 nitrogen and oxygen atoms in total. The molecule has 1 amide bonds. The lowest BCUT2D eigenvalue weighted by molar-refractivity contribution is 0.0593. The van der Waals surface area contributed by atoms with Crippen LogP contribution in [-0.4, -0.2) is 61.1 Å². The Kier molecular flexibility index (Phi) is 5.31. The number of ether oxygens (including phenoxy) is 2. The highest BCUT2D eigenvalue weighted by Gasteiger charge is 2.25.